The Morgan fingerprint density at radius 3 is 2.76 bits per heavy atom. The van der Waals surface area contributed by atoms with Crippen LogP contribution >= 0.6 is 11.8 Å². The minimum atomic E-state index is -0.537. The molecular formula is C23H20N4O5S. The SMILES string of the molecule is CCOC(=O)c1cc(C#N)c(SCC(=O)N2N=C(c3ccco3)CC2c2ccco2)nc1C. The molecule has 0 bridgehead atoms. The predicted octanol–water partition coefficient (Wildman–Crippen LogP) is 4.09. The van der Waals surface area contributed by atoms with Crippen LogP contribution in [0.1, 0.15) is 52.5 Å². The maximum absolute atomic E-state index is 13.1. The van der Waals surface area contributed by atoms with Crippen molar-refractivity contribution in [1.82, 2.24) is 9.99 Å². The van der Waals surface area contributed by atoms with E-state index < -0.39 is 12.0 Å². The molecule has 1 atom stereocenters. The second kappa shape index (κ2) is 9.75. The fraction of sp³-hybridized carbons (Fsp3) is 0.261. The number of hydrogen-bond donors (Lipinski definition) is 0. The Bertz CT molecular complexity index is 1230. The van der Waals surface area contributed by atoms with Gasteiger partial charge in [0.05, 0.1) is 41.7 Å². The number of nitriles is 1. The molecule has 1 unspecified atom stereocenters. The number of rotatable bonds is 7. The highest BCUT2D eigenvalue weighted by atomic mass is 32.2. The molecule has 0 saturated heterocycles. The monoisotopic (exact) mass is 464 g/mol. The summed E-state index contributed by atoms with van der Waals surface area (Å²) in [5.74, 6) is 0.384. The highest BCUT2D eigenvalue weighted by molar-refractivity contribution is 8.00. The van der Waals surface area contributed by atoms with Crippen molar-refractivity contribution < 1.29 is 23.2 Å². The Balaban J connectivity index is 1.54. The summed E-state index contributed by atoms with van der Waals surface area (Å²) in [5, 5.41) is 15.8. The van der Waals surface area contributed by atoms with E-state index in [0.29, 0.717) is 34.4 Å². The van der Waals surface area contributed by atoms with Crippen LogP contribution in [0, 0.1) is 18.3 Å². The van der Waals surface area contributed by atoms with E-state index in [-0.39, 0.29) is 29.4 Å². The zero-order valence-electron chi connectivity index (χ0n) is 18.0. The van der Waals surface area contributed by atoms with Crippen LogP contribution in [0.2, 0.25) is 0 Å². The van der Waals surface area contributed by atoms with Gasteiger partial charge in [0, 0.05) is 6.42 Å². The molecule has 3 aromatic heterocycles. The van der Waals surface area contributed by atoms with Gasteiger partial charge in [0.2, 0.25) is 0 Å². The molecule has 1 amide bonds. The zero-order chi connectivity index (χ0) is 23.4. The van der Waals surface area contributed by atoms with E-state index in [1.54, 1.807) is 50.6 Å². The molecule has 3 aromatic rings. The Labute approximate surface area is 194 Å². The number of thioether (sulfide) groups is 1. The van der Waals surface area contributed by atoms with Gasteiger partial charge in [0.15, 0.2) is 0 Å². The molecule has 0 N–H and O–H groups in total. The van der Waals surface area contributed by atoms with Crippen molar-refractivity contribution in [2.45, 2.75) is 31.3 Å². The molecule has 1 aliphatic heterocycles. The number of carbonyl (C=O) groups excluding carboxylic acids is 2. The molecule has 4 heterocycles. The average Bonchev–Trinajstić information content (AvgIpc) is 3.58. The van der Waals surface area contributed by atoms with Crippen molar-refractivity contribution in [3.8, 4) is 6.07 Å². The van der Waals surface area contributed by atoms with Crippen LogP contribution in [-0.2, 0) is 9.53 Å². The second-order valence-electron chi connectivity index (χ2n) is 7.09. The first-order valence-corrected chi connectivity index (χ1v) is 11.2. The number of pyridine rings is 1. The molecule has 10 heteroatoms. The molecular weight excluding hydrogens is 444 g/mol. The molecule has 0 saturated carbocycles. The maximum Gasteiger partial charge on any atom is 0.340 e. The Kier molecular flexibility index (Phi) is 6.60. The number of esters is 1. The molecule has 0 radical (unpaired) electrons. The fourth-order valence-corrected chi connectivity index (χ4v) is 4.27. The summed E-state index contributed by atoms with van der Waals surface area (Å²) in [7, 11) is 0. The van der Waals surface area contributed by atoms with Crippen molar-refractivity contribution in [2.24, 2.45) is 5.10 Å². The summed E-state index contributed by atoms with van der Waals surface area (Å²) in [6.45, 7) is 3.58. The van der Waals surface area contributed by atoms with Crippen LogP contribution in [0.4, 0.5) is 0 Å². The summed E-state index contributed by atoms with van der Waals surface area (Å²) in [6, 6.07) is 10.2. The topological polar surface area (TPSA) is 122 Å². The van der Waals surface area contributed by atoms with E-state index in [9.17, 15) is 14.9 Å². The lowest BCUT2D eigenvalue weighted by Crippen LogP contribution is -2.28. The molecule has 0 fully saturated rings. The van der Waals surface area contributed by atoms with Crippen molar-refractivity contribution >= 4 is 29.4 Å². The summed E-state index contributed by atoms with van der Waals surface area (Å²) in [4.78, 5) is 29.6. The minimum Gasteiger partial charge on any atom is -0.467 e. The minimum absolute atomic E-state index is 0.00792. The molecule has 0 aromatic carbocycles. The van der Waals surface area contributed by atoms with Crippen molar-refractivity contribution in [3.05, 3.63) is 71.2 Å². The van der Waals surface area contributed by atoms with Gasteiger partial charge < -0.3 is 13.6 Å². The molecule has 1 aliphatic rings. The van der Waals surface area contributed by atoms with Gasteiger partial charge in [-0.2, -0.15) is 10.4 Å². The first-order valence-electron chi connectivity index (χ1n) is 10.2. The largest absolute Gasteiger partial charge is 0.467 e. The van der Waals surface area contributed by atoms with E-state index in [2.05, 4.69) is 10.1 Å². The number of hydrogen-bond acceptors (Lipinski definition) is 9. The van der Waals surface area contributed by atoms with Crippen LogP contribution in [0.3, 0.4) is 0 Å². The van der Waals surface area contributed by atoms with Gasteiger partial charge in [0.25, 0.3) is 5.91 Å². The zero-order valence-corrected chi connectivity index (χ0v) is 18.8. The third-order valence-corrected chi connectivity index (χ3v) is 5.95. The Morgan fingerprint density at radius 2 is 2.09 bits per heavy atom. The summed E-state index contributed by atoms with van der Waals surface area (Å²) < 4.78 is 16.0. The number of furan rings is 2. The lowest BCUT2D eigenvalue weighted by atomic mass is 10.1. The van der Waals surface area contributed by atoms with Crippen LogP contribution in [0.25, 0.3) is 0 Å². The molecule has 0 spiro atoms. The maximum atomic E-state index is 13.1. The average molecular weight is 465 g/mol. The van der Waals surface area contributed by atoms with Crippen LogP contribution in [0.5, 0.6) is 0 Å². The smallest absolute Gasteiger partial charge is 0.340 e. The third kappa shape index (κ3) is 4.68. The highest BCUT2D eigenvalue weighted by Gasteiger charge is 2.35. The van der Waals surface area contributed by atoms with Gasteiger partial charge in [-0.3, -0.25) is 4.79 Å². The number of amides is 1. The molecule has 9 nitrogen and oxygen atoms in total. The fourth-order valence-electron chi connectivity index (χ4n) is 3.42. The second-order valence-corrected chi connectivity index (χ2v) is 8.06. The van der Waals surface area contributed by atoms with Gasteiger partial charge >= 0.3 is 5.97 Å². The predicted molar refractivity (Wildman–Crippen MR) is 119 cm³/mol. The number of aryl methyl sites for hydroxylation is 1. The van der Waals surface area contributed by atoms with E-state index in [1.165, 1.54) is 11.1 Å². The standard InChI is InChI=1S/C23H20N4O5S/c1-3-30-23(29)16-10-15(12-24)22(25-14(16)2)33-13-21(28)27-18(20-7-5-9-32-20)11-17(26-27)19-6-4-8-31-19/h4-10,18H,3,11,13H2,1-2H3. The van der Waals surface area contributed by atoms with E-state index in [4.69, 9.17) is 13.6 Å². The van der Waals surface area contributed by atoms with Crippen molar-refractivity contribution in [3.63, 3.8) is 0 Å². The molecule has 4 rings (SSSR count). The van der Waals surface area contributed by atoms with Gasteiger partial charge in [-0.25, -0.2) is 14.8 Å². The third-order valence-electron chi connectivity index (χ3n) is 4.97. The summed E-state index contributed by atoms with van der Waals surface area (Å²) in [5.41, 5.74) is 1.50. The summed E-state index contributed by atoms with van der Waals surface area (Å²) in [6.07, 6.45) is 3.55. The number of aromatic nitrogens is 1. The van der Waals surface area contributed by atoms with Gasteiger partial charge in [-0.05, 0) is 44.2 Å². The molecule has 0 aliphatic carbocycles. The van der Waals surface area contributed by atoms with E-state index >= 15 is 0 Å². The number of ether oxygens (including phenoxy) is 1. The number of nitrogens with zero attached hydrogens (tertiary/aromatic N) is 4. The Morgan fingerprint density at radius 1 is 1.30 bits per heavy atom. The van der Waals surface area contributed by atoms with Crippen LogP contribution in [0.15, 0.2) is 61.8 Å². The molecule has 168 valence electrons. The first kappa shape index (κ1) is 22.4. The number of hydrazone groups is 1. The van der Waals surface area contributed by atoms with Gasteiger partial charge in [-0.1, -0.05) is 11.8 Å². The van der Waals surface area contributed by atoms with Crippen LogP contribution in [-0.4, -0.2) is 39.9 Å². The highest BCUT2D eigenvalue weighted by Crippen LogP contribution is 2.34. The summed E-state index contributed by atoms with van der Waals surface area (Å²) >= 11 is 1.11. The van der Waals surface area contributed by atoms with Gasteiger partial charge in [0.1, 0.15) is 34.4 Å². The normalized spacial score (nSPS) is 15.2. The lowest BCUT2D eigenvalue weighted by molar-refractivity contribution is -0.130. The lowest BCUT2D eigenvalue weighted by Gasteiger charge is -2.19. The van der Waals surface area contributed by atoms with Gasteiger partial charge in [-0.15, -0.1) is 0 Å². The van der Waals surface area contributed by atoms with Crippen molar-refractivity contribution in [1.29, 1.82) is 5.26 Å². The molecule has 33 heavy (non-hydrogen) atoms. The quantitative estimate of drug-likeness (QED) is 0.378. The van der Waals surface area contributed by atoms with E-state index in [1.807, 2.05) is 6.07 Å². The van der Waals surface area contributed by atoms with E-state index in [0.717, 1.165) is 11.8 Å². The Hall–Kier alpha value is -3.84. The van der Waals surface area contributed by atoms with Crippen LogP contribution < -0.4 is 0 Å². The van der Waals surface area contributed by atoms with Crippen molar-refractivity contribution in [2.75, 3.05) is 12.4 Å². The first-order chi connectivity index (χ1) is 16.0. The number of carbonyl (C=O) groups is 2.